The maximum atomic E-state index is 12.1. The van der Waals surface area contributed by atoms with Crippen LogP contribution in [0.25, 0.3) is 0 Å². The van der Waals surface area contributed by atoms with Gasteiger partial charge in [-0.25, -0.2) is 13.2 Å². The third-order valence-electron chi connectivity index (χ3n) is 1.67. The Labute approximate surface area is 108 Å². The van der Waals surface area contributed by atoms with E-state index in [1.165, 1.54) is 12.1 Å². The van der Waals surface area contributed by atoms with E-state index in [4.69, 9.17) is 0 Å². The summed E-state index contributed by atoms with van der Waals surface area (Å²) >= 11 is 7.71. The van der Waals surface area contributed by atoms with E-state index in [1.807, 2.05) is 0 Å². The molecule has 0 saturated heterocycles. The summed E-state index contributed by atoms with van der Waals surface area (Å²) in [6.07, 6.45) is 0. The molecule has 17 heavy (non-hydrogen) atoms. The summed E-state index contributed by atoms with van der Waals surface area (Å²) in [5, 5.41) is 0. The first-order valence-electron chi connectivity index (χ1n) is 4.57. The monoisotopic (exact) mass is 274 g/mol. The zero-order chi connectivity index (χ0) is 12.8. The number of thiol groups is 2. The molecule has 2 aromatic carbocycles. The molecule has 0 fully saturated rings. The maximum absolute atomic E-state index is 12.1. The van der Waals surface area contributed by atoms with Crippen molar-refractivity contribution in [3.05, 3.63) is 59.9 Å². The number of rotatable bonds is 0. The van der Waals surface area contributed by atoms with E-state index in [9.17, 15) is 13.2 Å². The second kappa shape index (κ2) is 6.61. The fourth-order valence-electron chi connectivity index (χ4n) is 0.980. The summed E-state index contributed by atoms with van der Waals surface area (Å²) in [7, 11) is 0. The summed E-state index contributed by atoms with van der Waals surface area (Å²) < 4.78 is 36.3. The normalized spacial score (nSPS) is 9.47. The Morgan fingerprint density at radius 1 is 0.588 bits per heavy atom. The molecule has 0 spiro atoms. The van der Waals surface area contributed by atoms with Crippen LogP contribution in [0.3, 0.4) is 0 Å². The molecule has 2 aromatic rings. The molecule has 0 heterocycles. The van der Waals surface area contributed by atoms with Gasteiger partial charge in [0.25, 0.3) is 0 Å². The van der Waals surface area contributed by atoms with Crippen molar-refractivity contribution in [1.29, 1.82) is 0 Å². The second-order valence-electron chi connectivity index (χ2n) is 3.10. The lowest BCUT2D eigenvalue weighted by molar-refractivity contribution is 0.577. The van der Waals surface area contributed by atoms with Crippen LogP contribution in [0.1, 0.15) is 0 Å². The molecule has 0 N–H and O–H groups in total. The number of benzene rings is 2. The highest BCUT2D eigenvalue weighted by molar-refractivity contribution is 7.80. The van der Waals surface area contributed by atoms with E-state index in [-0.39, 0.29) is 5.82 Å². The van der Waals surface area contributed by atoms with Gasteiger partial charge in [-0.15, -0.1) is 25.3 Å². The zero-order valence-corrected chi connectivity index (χ0v) is 10.4. The molecular weight excluding hydrogens is 265 g/mol. The first-order valence-corrected chi connectivity index (χ1v) is 5.46. The molecule has 0 unspecified atom stereocenters. The van der Waals surface area contributed by atoms with Crippen LogP contribution in [0, 0.1) is 17.5 Å². The summed E-state index contributed by atoms with van der Waals surface area (Å²) in [5.41, 5.74) is 0. The van der Waals surface area contributed by atoms with Gasteiger partial charge in [-0.3, -0.25) is 0 Å². The molecule has 0 bridgehead atoms. The fraction of sp³-hybridized carbons (Fsp3) is 0. The summed E-state index contributed by atoms with van der Waals surface area (Å²) in [4.78, 5) is 1.08. The van der Waals surface area contributed by atoms with Crippen LogP contribution in [-0.2, 0) is 0 Å². The van der Waals surface area contributed by atoms with Crippen molar-refractivity contribution >= 4 is 25.3 Å². The molecule has 0 aliphatic heterocycles. The zero-order valence-electron chi connectivity index (χ0n) is 8.57. The average Bonchev–Trinajstić information content (AvgIpc) is 2.21. The first kappa shape index (κ1) is 14.0. The molecule has 0 saturated carbocycles. The molecule has 0 radical (unpaired) electrons. The molecule has 0 aliphatic rings. The van der Waals surface area contributed by atoms with E-state index in [0.717, 1.165) is 23.1 Å². The van der Waals surface area contributed by atoms with Gasteiger partial charge in [-0.05, 0) is 36.4 Å². The van der Waals surface area contributed by atoms with Crippen LogP contribution in [0.4, 0.5) is 13.2 Å². The Bertz CT molecular complexity index is 412. The van der Waals surface area contributed by atoms with Crippen LogP contribution in [0.15, 0.2) is 52.3 Å². The Morgan fingerprint density at radius 3 is 1.41 bits per heavy atom. The predicted octanol–water partition coefficient (Wildman–Crippen LogP) is 4.37. The highest BCUT2D eigenvalue weighted by atomic mass is 32.1. The molecular formula is C12H9F3S2. The van der Waals surface area contributed by atoms with Gasteiger partial charge in [0.05, 0.1) is 0 Å². The number of hydrogen-bond donors (Lipinski definition) is 2. The number of halogens is 3. The molecule has 2 rings (SSSR count). The van der Waals surface area contributed by atoms with Crippen LogP contribution in [-0.4, -0.2) is 0 Å². The van der Waals surface area contributed by atoms with Gasteiger partial charge in [0.2, 0.25) is 0 Å². The minimum atomic E-state index is -0.597. The maximum Gasteiger partial charge on any atom is 0.127 e. The Balaban J connectivity index is 0.000000171. The minimum absolute atomic E-state index is 0.220. The summed E-state index contributed by atoms with van der Waals surface area (Å²) in [6, 6.07) is 9.07. The van der Waals surface area contributed by atoms with Crippen molar-refractivity contribution in [2.24, 2.45) is 0 Å². The quantitative estimate of drug-likeness (QED) is 0.655. The molecule has 0 aromatic heterocycles. The van der Waals surface area contributed by atoms with Gasteiger partial charge >= 0.3 is 0 Å². The highest BCUT2D eigenvalue weighted by Gasteiger charge is 1.94. The minimum Gasteiger partial charge on any atom is -0.207 e. The van der Waals surface area contributed by atoms with Crippen LogP contribution < -0.4 is 0 Å². The van der Waals surface area contributed by atoms with Crippen molar-refractivity contribution in [2.75, 3.05) is 0 Å². The second-order valence-corrected chi connectivity index (χ2v) is 4.14. The van der Waals surface area contributed by atoms with Gasteiger partial charge in [-0.1, -0.05) is 0 Å². The SMILES string of the molecule is Fc1cc(F)cc(S)c1.Fc1ccc(S)cc1. The van der Waals surface area contributed by atoms with Crippen molar-refractivity contribution < 1.29 is 13.2 Å². The lowest BCUT2D eigenvalue weighted by Crippen LogP contribution is -1.77. The van der Waals surface area contributed by atoms with E-state index in [2.05, 4.69) is 25.3 Å². The van der Waals surface area contributed by atoms with Crippen LogP contribution >= 0.6 is 25.3 Å². The van der Waals surface area contributed by atoms with Gasteiger partial charge in [0, 0.05) is 15.9 Å². The molecule has 5 heteroatoms. The van der Waals surface area contributed by atoms with Gasteiger partial charge in [0.1, 0.15) is 17.5 Å². The lowest BCUT2D eigenvalue weighted by Gasteiger charge is -1.90. The molecule has 0 aliphatic carbocycles. The fourth-order valence-corrected chi connectivity index (χ4v) is 1.38. The summed E-state index contributed by atoms with van der Waals surface area (Å²) in [6.45, 7) is 0. The number of hydrogen-bond acceptors (Lipinski definition) is 2. The first-order chi connectivity index (χ1) is 7.97. The standard InChI is InChI=1S/C6H4F2S.C6H5FS/c7-4-1-5(8)3-6(9)2-4;7-5-1-3-6(8)4-2-5/h1-3,9H;1-4,8H. The Morgan fingerprint density at radius 2 is 1.06 bits per heavy atom. The van der Waals surface area contributed by atoms with Gasteiger partial charge in [0.15, 0.2) is 0 Å². The van der Waals surface area contributed by atoms with Crippen LogP contribution in [0.2, 0.25) is 0 Å². The van der Waals surface area contributed by atoms with E-state index in [0.29, 0.717) is 4.90 Å². The Hall–Kier alpha value is -1.07. The largest absolute Gasteiger partial charge is 0.207 e. The van der Waals surface area contributed by atoms with Crippen LogP contribution in [0.5, 0.6) is 0 Å². The smallest absolute Gasteiger partial charge is 0.127 e. The van der Waals surface area contributed by atoms with Crippen molar-refractivity contribution in [2.45, 2.75) is 9.79 Å². The summed E-state index contributed by atoms with van der Waals surface area (Å²) in [5.74, 6) is -1.41. The molecule has 90 valence electrons. The highest BCUT2D eigenvalue weighted by Crippen LogP contribution is 2.10. The van der Waals surface area contributed by atoms with E-state index >= 15 is 0 Å². The molecule has 0 atom stereocenters. The van der Waals surface area contributed by atoms with Gasteiger partial charge < -0.3 is 0 Å². The predicted molar refractivity (Wildman–Crippen MR) is 67.3 cm³/mol. The van der Waals surface area contributed by atoms with Crippen molar-refractivity contribution in [1.82, 2.24) is 0 Å². The average molecular weight is 274 g/mol. The lowest BCUT2D eigenvalue weighted by atomic mass is 10.3. The third kappa shape index (κ3) is 5.70. The van der Waals surface area contributed by atoms with E-state index < -0.39 is 11.6 Å². The van der Waals surface area contributed by atoms with Gasteiger partial charge in [-0.2, -0.15) is 0 Å². The molecule has 0 nitrogen and oxygen atoms in total. The van der Waals surface area contributed by atoms with Crippen molar-refractivity contribution in [3.63, 3.8) is 0 Å². The Kier molecular flexibility index (Phi) is 5.44. The molecule has 0 amide bonds. The van der Waals surface area contributed by atoms with Crippen molar-refractivity contribution in [3.8, 4) is 0 Å². The third-order valence-corrected chi connectivity index (χ3v) is 2.23. The van der Waals surface area contributed by atoms with E-state index in [1.54, 1.807) is 12.1 Å². The topological polar surface area (TPSA) is 0 Å².